The Morgan fingerprint density at radius 1 is 1.31 bits per heavy atom. The van der Waals surface area contributed by atoms with Gasteiger partial charge < -0.3 is 10.4 Å². The summed E-state index contributed by atoms with van der Waals surface area (Å²) >= 11 is 1.87. The molecule has 0 fully saturated rings. The average molecular weight is 205 g/mol. The number of rotatable bonds is 8. The van der Waals surface area contributed by atoms with Crippen LogP contribution in [0.3, 0.4) is 0 Å². The van der Waals surface area contributed by atoms with Crippen LogP contribution < -0.4 is 5.32 Å². The Labute approximate surface area is 86.5 Å². The molecule has 13 heavy (non-hydrogen) atoms. The second-order valence-electron chi connectivity index (χ2n) is 3.45. The highest BCUT2D eigenvalue weighted by molar-refractivity contribution is 7.98. The fourth-order valence-corrected chi connectivity index (χ4v) is 1.60. The molecular formula is C10H23NOS. The molecular weight excluding hydrogens is 182 g/mol. The second-order valence-corrected chi connectivity index (χ2v) is 4.44. The van der Waals surface area contributed by atoms with Gasteiger partial charge in [-0.1, -0.05) is 13.8 Å². The third-order valence-corrected chi connectivity index (χ3v) is 3.17. The van der Waals surface area contributed by atoms with Gasteiger partial charge >= 0.3 is 0 Å². The molecule has 3 heteroatoms. The maximum absolute atomic E-state index is 9.92. The number of nitrogens with one attached hydrogen (secondary N) is 1. The largest absolute Gasteiger partial charge is 0.389 e. The molecule has 0 atom stereocenters. The van der Waals surface area contributed by atoms with E-state index in [0.717, 1.165) is 25.9 Å². The third kappa shape index (κ3) is 6.36. The van der Waals surface area contributed by atoms with Crippen LogP contribution in [0.5, 0.6) is 0 Å². The first-order chi connectivity index (χ1) is 6.18. The van der Waals surface area contributed by atoms with Gasteiger partial charge in [0.1, 0.15) is 0 Å². The standard InChI is InChI=1S/C10H23NOS/c1-4-10(12,5-2)9-11-7-6-8-13-3/h11-12H,4-9H2,1-3H3. The van der Waals surface area contributed by atoms with Gasteiger partial charge in [-0.15, -0.1) is 0 Å². The maximum atomic E-state index is 9.92. The molecule has 0 aromatic rings. The highest BCUT2D eigenvalue weighted by Crippen LogP contribution is 2.12. The first-order valence-electron chi connectivity index (χ1n) is 5.10. The summed E-state index contributed by atoms with van der Waals surface area (Å²) in [5, 5.41) is 13.2. The molecule has 0 saturated carbocycles. The summed E-state index contributed by atoms with van der Waals surface area (Å²) in [7, 11) is 0. The van der Waals surface area contributed by atoms with Crippen molar-refractivity contribution in [3.05, 3.63) is 0 Å². The van der Waals surface area contributed by atoms with Crippen LogP contribution in [0.25, 0.3) is 0 Å². The molecule has 0 unspecified atom stereocenters. The van der Waals surface area contributed by atoms with E-state index in [1.54, 1.807) is 0 Å². The Balaban J connectivity index is 3.39. The molecule has 0 heterocycles. The van der Waals surface area contributed by atoms with Gasteiger partial charge in [0.2, 0.25) is 0 Å². The minimum Gasteiger partial charge on any atom is -0.389 e. The third-order valence-electron chi connectivity index (χ3n) is 2.47. The van der Waals surface area contributed by atoms with Gasteiger partial charge in [-0.3, -0.25) is 0 Å². The van der Waals surface area contributed by atoms with Gasteiger partial charge in [0.25, 0.3) is 0 Å². The van der Waals surface area contributed by atoms with Crippen molar-refractivity contribution in [3.63, 3.8) is 0 Å². The molecule has 0 bridgehead atoms. The Kier molecular flexibility index (Phi) is 7.81. The molecule has 0 aromatic carbocycles. The van der Waals surface area contributed by atoms with Gasteiger partial charge in [0.05, 0.1) is 5.60 Å². The van der Waals surface area contributed by atoms with E-state index < -0.39 is 5.60 Å². The molecule has 0 radical (unpaired) electrons. The topological polar surface area (TPSA) is 32.3 Å². The quantitative estimate of drug-likeness (QED) is 0.593. The molecule has 2 N–H and O–H groups in total. The van der Waals surface area contributed by atoms with Crippen LogP contribution in [0.4, 0.5) is 0 Å². The van der Waals surface area contributed by atoms with E-state index in [1.165, 1.54) is 12.2 Å². The molecule has 0 aliphatic rings. The van der Waals surface area contributed by atoms with E-state index in [1.807, 2.05) is 25.6 Å². The zero-order valence-electron chi connectivity index (χ0n) is 9.10. The zero-order valence-corrected chi connectivity index (χ0v) is 9.91. The van der Waals surface area contributed by atoms with Crippen LogP contribution in [0.2, 0.25) is 0 Å². The fraction of sp³-hybridized carbons (Fsp3) is 1.00. The second kappa shape index (κ2) is 7.65. The van der Waals surface area contributed by atoms with Crippen molar-refractivity contribution in [1.82, 2.24) is 5.32 Å². The summed E-state index contributed by atoms with van der Waals surface area (Å²) in [5.74, 6) is 1.20. The average Bonchev–Trinajstić information content (AvgIpc) is 2.17. The van der Waals surface area contributed by atoms with E-state index in [0.29, 0.717) is 0 Å². The molecule has 0 saturated heterocycles. The Hall–Kier alpha value is 0.270. The minimum absolute atomic E-state index is 0.487. The van der Waals surface area contributed by atoms with Gasteiger partial charge in [-0.25, -0.2) is 0 Å². The molecule has 0 aliphatic heterocycles. The highest BCUT2D eigenvalue weighted by atomic mass is 32.2. The summed E-state index contributed by atoms with van der Waals surface area (Å²) in [5.41, 5.74) is -0.487. The van der Waals surface area contributed by atoms with Crippen LogP contribution in [0.15, 0.2) is 0 Å². The molecule has 0 aromatic heterocycles. The highest BCUT2D eigenvalue weighted by Gasteiger charge is 2.20. The van der Waals surface area contributed by atoms with Crippen molar-refractivity contribution < 1.29 is 5.11 Å². The minimum atomic E-state index is -0.487. The van der Waals surface area contributed by atoms with Gasteiger partial charge in [-0.2, -0.15) is 11.8 Å². The van der Waals surface area contributed by atoms with Gasteiger partial charge in [0, 0.05) is 6.54 Å². The van der Waals surface area contributed by atoms with Crippen LogP contribution in [-0.2, 0) is 0 Å². The Bertz CT molecular complexity index is 115. The summed E-state index contributed by atoms with van der Waals surface area (Å²) in [4.78, 5) is 0. The van der Waals surface area contributed by atoms with Crippen LogP contribution in [0, 0.1) is 0 Å². The van der Waals surface area contributed by atoms with Crippen LogP contribution >= 0.6 is 11.8 Å². The predicted octanol–water partition coefficient (Wildman–Crippen LogP) is 1.88. The number of hydrogen-bond donors (Lipinski definition) is 2. The summed E-state index contributed by atoms with van der Waals surface area (Å²) in [6.07, 6.45) is 4.97. The van der Waals surface area contributed by atoms with E-state index in [4.69, 9.17) is 0 Å². The van der Waals surface area contributed by atoms with Gasteiger partial charge in [-0.05, 0) is 37.8 Å². The van der Waals surface area contributed by atoms with Crippen molar-refractivity contribution >= 4 is 11.8 Å². The lowest BCUT2D eigenvalue weighted by Crippen LogP contribution is -2.39. The molecule has 0 rings (SSSR count). The van der Waals surface area contributed by atoms with E-state index in [2.05, 4.69) is 11.6 Å². The fourth-order valence-electron chi connectivity index (χ4n) is 1.16. The van der Waals surface area contributed by atoms with Crippen molar-refractivity contribution in [1.29, 1.82) is 0 Å². The number of hydrogen-bond acceptors (Lipinski definition) is 3. The lowest BCUT2D eigenvalue weighted by Gasteiger charge is -2.25. The summed E-state index contributed by atoms with van der Waals surface area (Å²) in [6.45, 7) is 5.82. The first kappa shape index (κ1) is 13.3. The lowest BCUT2D eigenvalue weighted by atomic mass is 9.98. The molecule has 0 amide bonds. The monoisotopic (exact) mass is 205 g/mol. The van der Waals surface area contributed by atoms with Crippen molar-refractivity contribution in [2.45, 2.75) is 38.7 Å². The van der Waals surface area contributed by atoms with Crippen molar-refractivity contribution in [2.75, 3.05) is 25.1 Å². The van der Waals surface area contributed by atoms with Crippen molar-refractivity contribution in [2.24, 2.45) is 0 Å². The van der Waals surface area contributed by atoms with Gasteiger partial charge in [0.15, 0.2) is 0 Å². The number of thioether (sulfide) groups is 1. The van der Waals surface area contributed by atoms with E-state index in [-0.39, 0.29) is 0 Å². The number of aliphatic hydroxyl groups is 1. The molecule has 0 spiro atoms. The first-order valence-corrected chi connectivity index (χ1v) is 6.50. The molecule has 80 valence electrons. The molecule has 2 nitrogen and oxygen atoms in total. The Morgan fingerprint density at radius 3 is 2.38 bits per heavy atom. The Morgan fingerprint density at radius 2 is 1.92 bits per heavy atom. The van der Waals surface area contributed by atoms with Crippen LogP contribution in [-0.4, -0.2) is 35.8 Å². The normalized spacial score (nSPS) is 12.0. The van der Waals surface area contributed by atoms with Crippen molar-refractivity contribution in [3.8, 4) is 0 Å². The van der Waals surface area contributed by atoms with Crippen LogP contribution in [0.1, 0.15) is 33.1 Å². The summed E-state index contributed by atoms with van der Waals surface area (Å²) < 4.78 is 0. The smallest absolute Gasteiger partial charge is 0.0766 e. The summed E-state index contributed by atoms with van der Waals surface area (Å²) in [6, 6.07) is 0. The maximum Gasteiger partial charge on any atom is 0.0766 e. The lowest BCUT2D eigenvalue weighted by molar-refractivity contribution is 0.0328. The SMILES string of the molecule is CCC(O)(CC)CNCCCSC. The predicted molar refractivity (Wildman–Crippen MR) is 61.4 cm³/mol. The van der Waals surface area contributed by atoms with E-state index >= 15 is 0 Å². The zero-order chi connectivity index (χ0) is 10.2. The molecule has 0 aliphatic carbocycles. The van der Waals surface area contributed by atoms with E-state index in [9.17, 15) is 5.11 Å².